The van der Waals surface area contributed by atoms with Crippen LogP contribution in [0.3, 0.4) is 0 Å². The largest absolute Gasteiger partial charge is 0.462 e. The minimum absolute atomic E-state index is 0.237. The van der Waals surface area contributed by atoms with Crippen LogP contribution in [0.1, 0.15) is 32.4 Å². The highest BCUT2D eigenvalue weighted by molar-refractivity contribution is 6.30. The molecule has 0 saturated heterocycles. The van der Waals surface area contributed by atoms with Crippen LogP contribution in [-0.2, 0) is 9.53 Å². The highest BCUT2D eigenvalue weighted by Gasteiger charge is 2.32. The van der Waals surface area contributed by atoms with Gasteiger partial charge in [-0.15, -0.1) is 0 Å². The van der Waals surface area contributed by atoms with Crippen LogP contribution in [0.15, 0.2) is 35.5 Å². The van der Waals surface area contributed by atoms with E-state index in [2.05, 4.69) is 10.6 Å². The lowest BCUT2D eigenvalue weighted by Crippen LogP contribution is -2.45. The van der Waals surface area contributed by atoms with Crippen LogP contribution in [0.2, 0.25) is 5.02 Å². The van der Waals surface area contributed by atoms with Crippen LogP contribution in [-0.4, -0.2) is 18.6 Å². The molecular formula is C16H19ClN2O3. The number of amides is 2. The maximum absolute atomic E-state index is 12.4. The summed E-state index contributed by atoms with van der Waals surface area (Å²) in [6, 6.07) is 6.11. The quantitative estimate of drug-likeness (QED) is 0.837. The summed E-state index contributed by atoms with van der Waals surface area (Å²) >= 11 is 6.01. The second-order valence-electron chi connectivity index (χ2n) is 5.62. The standard InChI is InChI=1S/C16H19ClN2O3/c1-9(2)8-22-15(20)13-10(3)18-16(21)19-14(13)11-5-4-6-12(17)7-11/h4-7,9,14H,8H2,1-3H3,(H2,18,19,21)/t14-/m1/s1. The van der Waals surface area contributed by atoms with E-state index in [0.29, 0.717) is 22.9 Å². The molecular weight excluding hydrogens is 304 g/mol. The molecule has 0 aromatic heterocycles. The van der Waals surface area contributed by atoms with E-state index in [4.69, 9.17) is 16.3 Å². The molecule has 2 rings (SSSR count). The average molecular weight is 323 g/mol. The fourth-order valence-electron chi connectivity index (χ4n) is 2.22. The van der Waals surface area contributed by atoms with Crippen molar-refractivity contribution in [1.82, 2.24) is 10.6 Å². The number of hydrogen-bond acceptors (Lipinski definition) is 3. The van der Waals surface area contributed by atoms with E-state index in [1.54, 1.807) is 25.1 Å². The van der Waals surface area contributed by atoms with Crippen LogP contribution in [0.5, 0.6) is 0 Å². The Labute approximate surface area is 134 Å². The Hall–Kier alpha value is -2.01. The number of rotatable bonds is 4. The number of carbonyl (C=O) groups excluding carboxylic acids is 2. The number of esters is 1. The van der Waals surface area contributed by atoms with Gasteiger partial charge in [-0.05, 0) is 30.5 Å². The van der Waals surface area contributed by atoms with Gasteiger partial charge in [0, 0.05) is 10.7 Å². The van der Waals surface area contributed by atoms with Crippen molar-refractivity contribution in [1.29, 1.82) is 0 Å². The lowest BCUT2D eigenvalue weighted by molar-refractivity contribution is -0.140. The molecule has 1 aliphatic rings. The van der Waals surface area contributed by atoms with E-state index < -0.39 is 12.0 Å². The molecule has 0 aliphatic carbocycles. The minimum atomic E-state index is -0.577. The topological polar surface area (TPSA) is 67.4 Å². The zero-order valence-corrected chi connectivity index (χ0v) is 13.5. The molecule has 2 N–H and O–H groups in total. The Kier molecular flexibility index (Phi) is 5.08. The van der Waals surface area contributed by atoms with Crippen LogP contribution >= 0.6 is 11.6 Å². The molecule has 0 unspecified atom stereocenters. The van der Waals surface area contributed by atoms with Crippen molar-refractivity contribution in [2.24, 2.45) is 5.92 Å². The van der Waals surface area contributed by atoms with Gasteiger partial charge < -0.3 is 15.4 Å². The van der Waals surface area contributed by atoms with Crippen LogP contribution in [0.25, 0.3) is 0 Å². The first-order chi connectivity index (χ1) is 10.4. The maximum atomic E-state index is 12.4. The van der Waals surface area contributed by atoms with Crippen LogP contribution < -0.4 is 10.6 Å². The fourth-order valence-corrected chi connectivity index (χ4v) is 2.42. The number of hydrogen-bond donors (Lipinski definition) is 2. The molecule has 1 aliphatic heterocycles. The fraction of sp³-hybridized carbons (Fsp3) is 0.375. The first-order valence-electron chi connectivity index (χ1n) is 7.09. The summed E-state index contributed by atoms with van der Waals surface area (Å²) in [5.41, 5.74) is 1.61. The van der Waals surface area contributed by atoms with Gasteiger partial charge in [0.05, 0.1) is 18.2 Å². The molecule has 0 radical (unpaired) electrons. The molecule has 118 valence electrons. The lowest BCUT2D eigenvalue weighted by Gasteiger charge is -2.28. The van der Waals surface area contributed by atoms with Crippen molar-refractivity contribution >= 4 is 23.6 Å². The second kappa shape index (κ2) is 6.83. The van der Waals surface area contributed by atoms with Crippen molar-refractivity contribution in [2.75, 3.05) is 6.61 Å². The van der Waals surface area contributed by atoms with Gasteiger partial charge in [-0.25, -0.2) is 9.59 Å². The van der Waals surface area contributed by atoms with Crippen LogP contribution in [0.4, 0.5) is 4.79 Å². The number of halogens is 1. The molecule has 1 atom stereocenters. The predicted octanol–water partition coefficient (Wildman–Crippen LogP) is 3.17. The van der Waals surface area contributed by atoms with Crippen molar-refractivity contribution < 1.29 is 14.3 Å². The van der Waals surface area contributed by atoms with E-state index in [1.165, 1.54) is 0 Å². The smallest absolute Gasteiger partial charge is 0.338 e. The number of ether oxygens (including phenoxy) is 1. The van der Waals surface area contributed by atoms with Crippen molar-refractivity contribution in [3.63, 3.8) is 0 Å². The SMILES string of the molecule is CC1=C(C(=O)OCC(C)C)[C@@H](c2cccc(Cl)c2)NC(=O)N1. The third-order valence-electron chi connectivity index (χ3n) is 3.22. The number of carbonyl (C=O) groups is 2. The van der Waals surface area contributed by atoms with E-state index in [-0.39, 0.29) is 11.9 Å². The molecule has 0 saturated carbocycles. The van der Waals surface area contributed by atoms with Gasteiger partial charge in [0.25, 0.3) is 0 Å². The second-order valence-corrected chi connectivity index (χ2v) is 6.05. The third-order valence-corrected chi connectivity index (χ3v) is 3.45. The summed E-state index contributed by atoms with van der Waals surface area (Å²) in [6.45, 7) is 5.93. The Morgan fingerprint density at radius 3 is 2.77 bits per heavy atom. The Morgan fingerprint density at radius 1 is 1.41 bits per heavy atom. The van der Waals surface area contributed by atoms with E-state index in [0.717, 1.165) is 5.56 Å². The van der Waals surface area contributed by atoms with Gasteiger partial charge in [0.2, 0.25) is 0 Å². The maximum Gasteiger partial charge on any atom is 0.338 e. The zero-order valence-electron chi connectivity index (χ0n) is 12.8. The molecule has 1 heterocycles. The van der Waals surface area contributed by atoms with Gasteiger partial charge in [0.1, 0.15) is 0 Å². The molecule has 0 spiro atoms. The molecule has 6 heteroatoms. The molecule has 2 amide bonds. The number of urea groups is 1. The Bertz CT molecular complexity index is 626. The molecule has 0 fully saturated rings. The molecule has 5 nitrogen and oxygen atoms in total. The predicted molar refractivity (Wildman–Crippen MR) is 84.4 cm³/mol. The Morgan fingerprint density at radius 2 is 2.14 bits per heavy atom. The van der Waals surface area contributed by atoms with E-state index in [1.807, 2.05) is 19.9 Å². The normalized spacial score (nSPS) is 18.0. The molecule has 1 aromatic rings. The first kappa shape index (κ1) is 16.4. The van der Waals surface area contributed by atoms with Crippen molar-refractivity contribution in [3.8, 4) is 0 Å². The average Bonchev–Trinajstić information content (AvgIpc) is 2.44. The summed E-state index contributed by atoms with van der Waals surface area (Å²) in [7, 11) is 0. The van der Waals surface area contributed by atoms with Crippen molar-refractivity contribution in [3.05, 3.63) is 46.1 Å². The Balaban J connectivity index is 2.34. The monoisotopic (exact) mass is 322 g/mol. The number of allylic oxidation sites excluding steroid dienone is 1. The molecule has 0 bridgehead atoms. The lowest BCUT2D eigenvalue weighted by atomic mass is 9.95. The third kappa shape index (κ3) is 3.80. The van der Waals surface area contributed by atoms with Gasteiger partial charge in [0.15, 0.2) is 0 Å². The number of nitrogens with one attached hydrogen (secondary N) is 2. The van der Waals surface area contributed by atoms with E-state index >= 15 is 0 Å². The summed E-state index contributed by atoms with van der Waals surface area (Å²) in [6.07, 6.45) is 0. The molecule has 1 aromatic carbocycles. The summed E-state index contributed by atoms with van der Waals surface area (Å²) < 4.78 is 5.31. The highest BCUT2D eigenvalue weighted by atomic mass is 35.5. The summed E-state index contributed by atoms with van der Waals surface area (Å²) in [4.78, 5) is 24.1. The zero-order chi connectivity index (χ0) is 16.3. The van der Waals surface area contributed by atoms with Crippen LogP contribution in [0, 0.1) is 5.92 Å². The van der Waals surface area contributed by atoms with Gasteiger partial charge in [-0.1, -0.05) is 37.6 Å². The van der Waals surface area contributed by atoms with Gasteiger partial charge in [-0.3, -0.25) is 0 Å². The molecule has 22 heavy (non-hydrogen) atoms. The minimum Gasteiger partial charge on any atom is -0.462 e. The number of benzene rings is 1. The summed E-state index contributed by atoms with van der Waals surface area (Å²) in [5, 5.41) is 5.89. The van der Waals surface area contributed by atoms with Crippen molar-refractivity contribution in [2.45, 2.75) is 26.8 Å². The summed E-state index contributed by atoms with van der Waals surface area (Å²) in [5.74, 6) is -0.204. The van der Waals surface area contributed by atoms with Gasteiger partial charge in [-0.2, -0.15) is 0 Å². The van der Waals surface area contributed by atoms with E-state index in [9.17, 15) is 9.59 Å². The van der Waals surface area contributed by atoms with Gasteiger partial charge >= 0.3 is 12.0 Å². The first-order valence-corrected chi connectivity index (χ1v) is 7.47. The highest BCUT2D eigenvalue weighted by Crippen LogP contribution is 2.29.